The Bertz CT molecular complexity index is 1480. The first-order chi connectivity index (χ1) is 20.5. The number of anilines is 1. The van der Waals surface area contributed by atoms with E-state index in [9.17, 15) is 4.79 Å². The number of aliphatic imine (C=N–C) groups is 1. The molecule has 2 fully saturated rings. The quantitative estimate of drug-likeness (QED) is 0.164. The van der Waals surface area contributed by atoms with E-state index < -0.39 is 0 Å². The number of hydrogen-bond donors (Lipinski definition) is 0. The van der Waals surface area contributed by atoms with Crippen LogP contribution in [-0.4, -0.2) is 42.7 Å². The van der Waals surface area contributed by atoms with Gasteiger partial charge in [0.15, 0.2) is 16.7 Å². The molecule has 218 valence electrons. The summed E-state index contributed by atoms with van der Waals surface area (Å²) >= 11 is 4.87. The average Bonchev–Trinajstić information content (AvgIpc) is 3.31. The second-order valence-corrected chi connectivity index (χ2v) is 12.2. The van der Waals surface area contributed by atoms with E-state index in [-0.39, 0.29) is 5.91 Å². The molecule has 0 atom stereocenters. The molecule has 0 unspecified atom stereocenters. The van der Waals surface area contributed by atoms with Crippen LogP contribution < -0.4 is 14.4 Å². The summed E-state index contributed by atoms with van der Waals surface area (Å²) < 4.78 is 13.0. The number of piperidine rings is 1. The predicted molar refractivity (Wildman–Crippen MR) is 178 cm³/mol. The highest BCUT2D eigenvalue weighted by atomic mass is 79.9. The third-order valence-corrected chi connectivity index (χ3v) is 8.87. The van der Waals surface area contributed by atoms with Crippen LogP contribution in [0.25, 0.3) is 6.08 Å². The van der Waals surface area contributed by atoms with Crippen LogP contribution in [0.15, 0.2) is 87.7 Å². The fourth-order valence-corrected chi connectivity index (χ4v) is 6.47. The summed E-state index contributed by atoms with van der Waals surface area (Å²) in [6, 6.07) is 20.3. The smallest absolute Gasteiger partial charge is 0.266 e. The zero-order chi connectivity index (χ0) is 29.5. The Morgan fingerprint density at radius 3 is 2.45 bits per heavy atom. The minimum atomic E-state index is -0.0500. The van der Waals surface area contributed by atoms with E-state index in [1.165, 1.54) is 36.7 Å². The number of hydrogen-bond acceptors (Lipinski definition) is 6. The molecule has 42 heavy (non-hydrogen) atoms. The van der Waals surface area contributed by atoms with Gasteiger partial charge in [-0.1, -0.05) is 34.1 Å². The number of amides is 1. The van der Waals surface area contributed by atoms with Gasteiger partial charge in [-0.15, -0.1) is 6.58 Å². The second kappa shape index (κ2) is 14.1. The Hall–Kier alpha value is -3.49. The molecule has 3 aromatic rings. The SMILES string of the molecule is C=CCc1cc(/C=C2\SC(=Nc3ccc(N4CCCCC4)cc3)N(CC)C2=O)cc(OC)c1OCc1ccc(Br)cc1. The summed E-state index contributed by atoms with van der Waals surface area (Å²) in [5.74, 6) is 1.24. The summed E-state index contributed by atoms with van der Waals surface area (Å²) in [5.41, 5.74) is 4.93. The highest BCUT2D eigenvalue weighted by Gasteiger charge is 2.32. The fourth-order valence-electron chi connectivity index (χ4n) is 5.15. The lowest BCUT2D eigenvalue weighted by Crippen LogP contribution is -2.29. The topological polar surface area (TPSA) is 54.4 Å². The number of benzene rings is 3. The van der Waals surface area contributed by atoms with Crippen LogP contribution >= 0.6 is 27.7 Å². The molecule has 0 radical (unpaired) electrons. The van der Waals surface area contributed by atoms with E-state index in [4.69, 9.17) is 14.5 Å². The van der Waals surface area contributed by atoms with Crippen LogP contribution in [0, 0.1) is 0 Å². The van der Waals surface area contributed by atoms with Gasteiger partial charge in [0, 0.05) is 35.4 Å². The number of carbonyl (C=O) groups is 1. The highest BCUT2D eigenvalue weighted by molar-refractivity contribution is 9.10. The monoisotopic (exact) mass is 645 g/mol. The lowest BCUT2D eigenvalue weighted by Gasteiger charge is -2.28. The number of methoxy groups -OCH3 is 1. The maximum absolute atomic E-state index is 13.4. The number of amidine groups is 1. The fraction of sp³-hybridized carbons (Fsp3) is 0.294. The predicted octanol–water partition coefficient (Wildman–Crippen LogP) is 8.38. The van der Waals surface area contributed by atoms with Crippen molar-refractivity contribution >= 4 is 56.2 Å². The van der Waals surface area contributed by atoms with Gasteiger partial charge >= 0.3 is 0 Å². The van der Waals surface area contributed by atoms with Crippen molar-refractivity contribution in [3.05, 3.63) is 99.4 Å². The minimum Gasteiger partial charge on any atom is -0.493 e. The summed E-state index contributed by atoms with van der Waals surface area (Å²) in [6.45, 7) is 9.06. The first-order valence-electron chi connectivity index (χ1n) is 14.3. The number of likely N-dealkylation sites (N-methyl/N-ethyl adjacent to an activating group) is 1. The Balaban J connectivity index is 1.38. The van der Waals surface area contributed by atoms with Crippen molar-refractivity contribution in [2.24, 2.45) is 4.99 Å². The number of rotatable bonds is 10. The molecule has 0 N–H and O–H groups in total. The summed E-state index contributed by atoms with van der Waals surface area (Å²) in [5, 5.41) is 0.687. The zero-order valence-electron chi connectivity index (χ0n) is 24.1. The van der Waals surface area contributed by atoms with Crippen LogP contribution in [0.2, 0.25) is 0 Å². The lowest BCUT2D eigenvalue weighted by atomic mass is 10.0. The van der Waals surface area contributed by atoms with Crippen LogP contribution in [0.3, 0.4) is 0 Å². The second-order valence-electron chi connectivity index (χ2n) is 10.2. The molecule has 0 bridgehead atoms. The lowest BCUT2D eigenvalue weighted by molar-refractivity contribution is -0.122. The Kier molecular flexibility index (Phi) is 10.1. The molecule has 3 aromatic carbocycles. The summed E-state index contributed by atoms with van der Waals surface area (Å²) in [6.07, 6.45) is 8.14. The third-order valence-electron chi connectivity index (χ3n) is 7.33. The van der Waals surface area contributed by atoms with Gasteiger partial charge in [0.05, 0.1) is 17.7 Å². The van der Waals surface area contributed by atoms with Crippen molar-refractivity contribution < 1.29 is 14.3 Å². The standard InChI is InChI=1S/C34H36BrN3O3S/c1-4-9-26-20-25(21-30(40-3)32(26)41-23-24-10-12-27(35)13-11-24)22-31-33(39)38(5-2)34(42-31)36-28-14-16-29(17-15-28)37-18-7-6-8-19-37/h4,10-17,20-22H,1,5-9,18-19,23H2,2-3H3/b31-22-,36-34?. The molecule has 5 rings (SSSR count). The minimum absolute atomic E-state index is 0.0500. The first kappa shape index (κ1) is 30.0. The van der Waals surface area contributed by atoms with E-state index >= 15 is 0 Å². The third kappa shape index (κ3) is 7.10. The number of ether oxygens (including phenoxy) is 2. The molecule has 0 aliphatic carbocycles. The van der Waals surface area contributed by atoms with Crippen LogP contribution in [0.5, 0.6) is 11.5 Å². The number of halogens is 1. The summed E-state index contributed by atoms with van der Waals surface area (Å²) in [7, 11) is 1.63. The molecule has 2 heterocycles. The van der Waals surface area contributed by atoms with Gasteiger partial charge in [-0.25, -0.2) is 4.99 Å². The molecular formula is C34H36BrN3O3S. The largest absolute Gasteiger partial charge is 0.493 e. The number of thioether (sulfide) groups is 1. The van der Waals surface area contributed by atoms with Gasteiger partial charge in [0.2, 0.25) is 0 Å². The first-order valence-corrected chi connectivity index (χ1v) is 15.9. The molecule has 0 aromatic heterocycles. The maximum atomic E-state index is 13.4. The molecule has 1 amide bonds. The molecule has 0 saturated carbocycles. The van der Waals surface area contributed by atoms with Crippen molar-refractivity contribution in [2.45, 2.75) is 39.2 Å². The number of carbonyl (C=O) groups excluding carboxylic acids is 1. The number of nitrogens with zero attached hydrogens (tertiary/aromatic N) is 3. The van der Waals surface area contributed by atoms with E-state index in [1.54, 1.807) is 12.0 Å². The zero-order valence-corrected chi connectivity index (χ0v) is 26.5. The van der Waals surface area contributed by atoms with Crippen molar-refractivity contribution in [3.8, 4) is 11.5 Å². The molecule has 0 spiro atoms. The van der Waals surface area contributed by atoms with Gasteiger partial charge in [-0.2, -0.15) is 0 Å². The Labute approximate surface area is 261 Å². The van der Waals surface area contributed by atoms with Crippen molar-refractivity contribution in [2.75, 3.05) is 31.6 Å². The molecular weight excluding hydrogens is 610 g/mol. The Morgan fingerprint density at radius 1 is 1.05 bits per heavy atom. The maximum Gasteiger partial charge on any atom is 0.266 e. The van der Waals surface area contributed by atoms with Gasteiger partial charge in [-0.3, -0.25) is 9.69 Å². The highest BCUT2D eigenvalue weighted by Crippen LogP contribution is 2.38. The normalized spacial score (nSPS) is 17.3. The molecule has 8 heteroatoms. The van der Waals surface area contributed by atoms with Crippen LogP contribution in [0.1, 0.15) is 42.9 Å². The van der Waals surface area contributed by atoms with Crippen molar-refractivity contribution in [1.29, 1.82) is 0 Å². The van der Waals surface area contributed by atoms with Crippen LogP contribution in [-0.2, 0) is 17.8 Å². The van der Waals surface area contributed by atoms with E-state index in [0.29, 0.717) is 41.1 Å². The van der Waals surface area contributed by atoms with E-state index in [2.05, 4.69) is 39.5 Å². The number of allylic oxidation sites excluding steroid dienone is 1. The van der Waals surface area contributed by atoms with Crippen LogP contribution in [0.4, 0.5) is 11.4 Å². The van der Waals surface area contributed by atoms with E-state index in [1.807, 2.05) is 67.6 Å². The van der Waals surface area contributed by atoms with Gasteiger partial charge in [0.25, 0.3) is 5.91 Å². The van der Waals surface area contributed by atoms with E-state index in [0.717, 1.165) is 39.9 Å². The summed E-state index contributed by atoms with van der Waals surface area (Å²) in [4.78, 5) is 23.0. The molecule has 2 aliphatic heterocycles. The molecule has 2 aliphatic rings. The Morgan fingerprint density at radius 2 is 1.79 bits per heavy atom. The van der Waals surface area contributed by atoms with Crippen molar-refractivity contribution in [3.63, 3.8) is 0 Å². The molecule has 2 saturated heterocycles. The van der Waals surface area contributed by atoms with Crippen molar-refractivity contribution in [1.82, 2.24) is 4.90 Å². The van der Waals surface area contributed by atoms with Gasteiger partial charge in [-0.05, 0) is 110 Å². The van der Waals surface area contributed by atoms with Gasteiger partial charge < -0.3 is 14.4 Å². The average molecular weight is 647 g/mol. The molecule has 6 nitrogen and oxygen atoms in total. The van der Waals surface area contributed by atoms with Gasteiger partial charge in [0.1, 0.15) is 6.61 Å².